The molecule has 0 aliphatic carbocycles. The average molecular weight is 412 g/mol. The van der Waals surface area contributed by atoms with Crippen LogP contribution >= 0.6 is 0 Å². The van der Waals surface area contributed by atoms with Crippen molar-refractivity contribution in [3.8, 4) is 5.75 Å². The molecule has 0 fully saturated rings. The van der Waals surface area contributed by atoms with Gasteiger partial charge in [0.1, 0.15) is 5.75 Å². The van der Waals surface area contributed by atoms with Crippen molar-refractivity contribution in [2.24, 2.45) is 5.10 Å². The number of hydrazone groups is 1. The SMILES string of the molecule is CCOc1ccc(N(C)c2ccc(C=C3C(=O)N(c4ccccc4)N=C3C)cc2)cc1. The van der Waals surface area contributed by atoms with Crippen LogP contribution in [0.1, 0.15) is 19.4 Å². The molecule has 5 heteroatoms. The third-order valence-electron chi connectivity index (χ3n) is 5.19. The molecular weight excluding hydrogens is 386 g/mol. The van der Waals surface area contributed by atoms with Gasteiger partial charge in [0.15, 0.2) is 0 Å². The lowest BCUT2D eigenvalue weighted by atomic mass is 10.1. The standard InChI is InChI=1S/C26H25N3O2/c1-4-31-24-16-14-22(15-17-24)28(3)21-12-10-20(11-13-21)18-25-19(2)27-29(26(25)30)23-8-6-5-7-9-23/h5-18H,4H2,1-3H3. The number of benzene rings is 3. The molecule has 31 heavy (non-hydrogen) atoms. The number of para-hydroxylation sites is 1. The van der Waals surface area contributed by atoms with Crippen molar-refractivity contribution >= 4 is 34.8 Å². The van der Waals surface area contributed by atoms with Crippen molar-refractivity contribution in [1.82, 2.24) is 0 Å². The molecule has 1 aliphatic heterocycles. The predicted octanol–water partition coefficient (Wildman–Crippen LogP) is 5.66. The molecule has 0 N–H and O–H groups in total. The maximum absolute atomic E-state index is 12.9. The van der Waals surface area contributed by atoms with E-state index in [0.29, 0.717) is 17.9 Å². The van der Waals surface area contributed by atoms with Crippen LogP contribution < -0.4 is 14.6 Å². The number of hydrogen-bond donors (Lipinski definition) is 0. The van der Waals surface area contributed by atoms with E-state index in [1.54, 1.807) is 0 Å². The minimum absolute atomic E-state index is 0.112. The van der Waals surface area contributed by atoms with Crippen molar-refractivity contribution in [2.75, 3.05) is 23.6 Å². The molecule has 156 valence electrons. The fourth-order valence-corrected chi connectivity index (χ4v) is 3.47. The van der Waals surface area contributed by atoms with Gasteiger partial charge >= 0.3 is 0 Å². The summed E-state index contributed by atoms with van der Waals surface area (Å²) in [6.07, 6.45) is 1.89. The Hall–Kier alpha value is -3.86. The zero-order chi connectivity index (χ0) is 21.8. The molecule has 0 bridgehead atoms. The van der Waals surface area contributed by atoms with E-state index in [1.807, 2.05) is 106 Å². The first kappa shape index (κ1) is 20.4. The Labute approximate surface area is 182 Å². The van der Waals surface area contributed by atoms with Crippen LogP contribution in [-0.4, -0.2) is 25.3 Å². The van der Waals surface area contributed by atoms with E-state index in [2.05, 4.69) is 10.0 Å². The molecule has 4 rings (SSSR count). The van der Waals surface area contributed by atoms with Gasteiger partial charge in [-0.15, -0.1) is 0 Å². The van der Waals surface area contributed by atoms with E-state index < -0.39 is 0 Å². The van der Waals surface area contributed by atoms with Gasteiger partial charge in [0.2, 0.25) is 0 Å². The molecule has 0 saturated heterocycles. The maximum Gasteiger partial charge on any atom is 0.280 e. The van der Waals surface area contributed by atoms with Crippen LogP contribution in [0.15, 0.2) is 89.5 Å². The first-order valence-electron chi connectivity index (χ1n) is 10.3. The molecule has 1 aliphatic rings. The molecule has 0 atom stereocenters. The van der Waals surface area contributed by atoms with E-state index in [9.17, 15) is 4.79 Å². The number of rotatable bonds is 6. The van der Waals surface area contributed by atoms with Gasteiger partial charge in [-0.3, -0.25) is 4.79 Å². The molecular formula is C26H25N3O2. The highest BCUT2D eigenvalue weighted by Gasteiger charge is 2.28. The molecule has 3 aromatic carbocycles. The molecule has 0 saturated carbocycles. The van der Waals surface area contributed by atoms with Crippen LogP contribution in [0.5, 0.6) is 5.75 Å². The summed E-state index contributed by atoms with van der Waals surface area (Å²) < 4.78 is 5.51. The fourth-order valence-electron chi connectivity index (χ4n) is 3.47. The first-order valence-corrected chi connectivity index (χ1v) is 10.3. The third kappa shape index (κ3) is 4.36. The smallest absolute Gasteiger partial charge is 0.280 e. The zero-order valence-corrected chi connectivity index (χ0v) is 17.9. The highest BCUT2D eigenvalue weighted by molar-refractivity contribution is 6.32. The maximum atomic E-state index is 12.9. The van der Waals surface area contributed by atoms with Gasteiger partial charge in [0.05, 0.1) is 23.6 Å². The van der Waals surface area contributed by atoms with Crippen molar-refractivity contribution in [3.63, 3.8) is 0 Å². The summed E-state index contributed by atoms with van der Waals surface area (Å²) in [6.45, 7) is 4.49. The van der Waals surface area contributed by atoms with Crippen LogP contribution in [0.2, 0.25) is 0 Å². The van der Waals surface area contributed by atoms with Crippen LogP contribution in [0, 0.1) is 0 Å². The lowest BCUT2D eigenvalue weighted by Gasteiger charge is -2.20. The van der Waals surface area contributed by atoms with Gasteiger partial charge in [-0.25, -0.2) is 0 Å². The quantitative estimate of drug-likeness (QED) is 0.492. The van der Waals surface area contributed by atoms with Crippen molar-refractivity contribution in [1.29, 1.82) is 0 Å². The lowest BCUT2D eigenvalue weighted by molar-refractivity contribution is -0.114. The monoisotopic (exact) mass is 411 g/mol. The number of carbonyl (C=O) groups excluding carboxylic acids is 1. The zero-order valence-electron chi connectivity index (χ0n) is 17.9. The third-order valence-corrected chi connectivity index (χ3v) is 5.19. The fraction of sp³-hybridized carbons (Fsp3) is 0.154. The minimum Gasteiger partial charge on any atom is -0.494 e. The Morgan fingerprint density at radius 1 is 0.935 bits per heavy atom. The Kier molecular flexibility index (Phi) is 5.85. The second-order valence-electron chi connectivity index (χ2n) is 7.27. The molecule has 5 nitrogen and oxygen atoms in total. The van der Waals surface area contributed by atoms with E-state index in [1.165, 1.54) is 5.01 Å². The minimum atomic E-state index is -0.112. The average Bonchev–Trinajstić information content (AvgIpc) is 3.09. The van der Waals surface area contributed by atoms with Gasteiger partial charge in [0, 0.05) is 18.4 Å². The predicted molar refractivity (Wildman–Crippen MR) is 127 cm³/mol. The molecule has 3 aromatic rings. The van der Waals surface area contributed by atoms with E-state index in [-0.39, 0.29) is 5.91 Å². The van der Waals surface area contributed by atoms with Crippen molar-refractivity contribution in [3.05, 3.63) is 90.0 Å². The van der Waals surface area contributed by atoms with Gasteiger partial charge in [-0.05, 0) is 74.0 Å². The van der Waals surface area contributed by atoms with Crippen LogP contribution in [0.25, 0.3) is 6.08 Å². The van der Waals surface area contributed by atoms with Gasteiger partial charge < -0.3 is 9.64 Å². The molecule has 0 spiro atoms. The summed E-state index contributed by atoms with van der Waals surface area (Å²) in [5.41, 5.74) is 5.17. The number of ether oxygens (including phenoxy) is 1. The van der Waals surface area contributed by atoms with Gasteiger partial charge in [0.25, 0.3) is 5.91 Å². The summed E-state index contributed by atoms with van der Waals surface area (Å²) in [5.74, 6) is 0.753. The van der Waals surface area contributed by atoms with E-state index in [0.717, 1.165) is 28.4 Å². The van der Waals surface area contributed by atoms with Crippen LogP contribution in [0.3, 0.4) is 0 Å². The molecule has 1 heterocycles. The normalized spacial score (nSPS) is 14.7. The van der Waals surface area contributed by atoms with Crippen molar-refractivity contribution in [2.45, 2.75) is 13.8 Å². The summed E-state index contributed by atoms with van der Waals surface area (Å²) >= 11 is 0. The number of amides is 1. The summed E-state index contributed by atoms with van der Waals surface area (Å²) in [5, 5.41) is 5.89. The topological polar surface area (TPSA) is 45.1 Å². The Morgan fingerprint density at radius 3 is 2.16 bits per heavy atom. The molecule has 0 unspecified atom stereocenters. The lowest BCUT2D eigenvalue weighted by Crippen LogP contribution is -2.21. The van der Waals surface area contributed by atoms with Gasteiger partial charge in [-0.1, -0.05) is 30.3 Å². The van der Waals surface area contributed by atoms with E-state index >= 15 is 0 Å². The van der Waals surface area contributed by atoms with Crippen LogP contribution in [0.4, 0.5) is 17.1 Å². The Morgan fingerprint density at radius 2 is 1.55 bits per heavy atom. The van der Waals surface area contributed by atoms with Gasteiger partial charge in [-0.2, -0.15) is 10.1 Å². The highest BCUT2D eigenvalue weighted by Crippen LogP contribution is 2.28. The van der Waals surface area contributed by atoms with Crippen LogP contribution in [-0.2, 0) is 4.79 Å². The summed E-state index contributed by atoms with van der Waals surface area (Å²) in [4.78, 5) is 15.0. The largest absolute Gasteiger partial charge is 0.494 e. The Balaban J connectivity index is 1.51. The Bertz CT molecular complexity index is 1120. The number of hydrogen-bond acceptors (Lipinski definition) is 4. The van der Waals surface area contributed by atoms with Crippen molar-refractivity contribution < 1.29 is 9.53 Å². The highest BCUT2D eigenvalue weighted by atomic mass is 16.5. The second kappa shape index (κ2) is 8.88. The number of carbonyl (C=O) groups is 1. The molecule has 1 amide bonds. The number of nitrogens with zero attached hydrogens (tertiary/aromatic N) is 3. The summed E-state index contributed by atoms with van der Waals surface area (Å²) in [6, 6.07) is 25.6. The number of anilines is 3. The molecule has 0 aromatic heterocycles. The first-order chi connectivity index (χ1) is 15.1. The van der Waals surface area contributed by atoms with E-state index in [4.69, 9.17) is 4.74 Å². The second-order valence-corrected chi connectivity index (χ2v) is 7.27. The molecule has 0 radical (unpaired) electrons. The summed E-state index contributed by atoms with van der Waals surface area (Å²) in [7, 11) is 2.03.